The van der Waals surface area contributed by atoms with E-state index in [-0.39, 0.29) is 0 Å². The van der Waals surface area contributed by atoms with Crippen LogP contribution in [0.5, 0.6) is 0 Å². The van der Waals surface area contributed by atoms with E-state index in [1.54, 1.807) is 0 Å². The first-order chi connectivity index (χ1) is 5.41. The van der Waals surface area contributed by atoms with Gasteiger partial charge in [-0.25, -0.2) is 0 Å². The van der Waals surface area contributed by atoms with Gasteiger partial charge in [-0.3, -0.25) is 0 Å². The highest BCUT2D eigenvalue weighted by molar-refractivity contribution is 9.09. The van der Waals surface area contributed by atoms with E-state index in [2.05, 4.69) is 33.4 Å². The summed E-state index contributed by atoms with van der Waals surface area (Å²) < 4.78 is 0. The van der Waals surface area contributed by atoms with Crippen LogP contribution in [0.4, 0.5) is 0 Å². The van der Waals surface area contributed by atoms with Gasteiger partial charge < -0.3 is 5.32 Å². The fraction of sp³-hybridized carbons (Fsp3) is 0.778. The molecule has 1 N–H and O–H groups in total. The van der Waals surface area contributed by atoms with Crippen molar-refractivity contribution in [2.45, 2.75) is 26.2 Å². The van der Waals surface area contributed by atoms with Crippen LogP contribution in [0.3, 0.4) is 0 Å². The van der Waals surface area contributed by atoms with Crippen molar-refractivity contribution < 1.29 is 0 Å². The van der Waals surface area contributed by atoms with Gasteiger partial charge in [0.25, 0.3) is 0 Å². The van der Waals surface area contributed by atoms with Crippen molar-refractivity contribution in [1.29, 1.82) is 0 Å². The van der Waals surface area contributed by atoms with Crippen LogP contribution >= 0.6 is 15.9 Å². The summed E-state index contributed by atoms with van der Waals surface area (Å²) in [6.07, 6.45) is 8.14. The van der Waals surface area contributed by atoms with Gasteiger partial charge in [-0.05, 0) is 26.3 Å². The molecule has 0 amide bonds. The quantitative estimate of drug-likeness (QED) is 0.395. The lowest BCUT2D eigenvalue weighted by molar-refractivity contribution is 0.650. The van der Waals surface area contributed by atoms with Crippen LogP contribution < -0.4 is 5.32 Å². The van der Waals surface area contributed by atoms with Crippen LogP contribution in [0.1, 0.15) is 26.2 Å². The molecule has 0 aliphatic carbocycles. The minimum Gasteiger partial charge on any atom is -0.313 e. The summed E-state index contributed by atoms with van der Waals surface area (Å²) in [5, 5.41) is 4.48. The van der Waals surface area contributed by atoms with Crippen molar-refractivity contribution in [1.82, 2.24) is 5.32 Å². The molecule has 0 aromatic carbocycles. The maximum absolute atomic E-state index is 3.41. The van der Waals surface area contributed by atoms with Crippen molar-refractivity contribution in [3.63, 3.8) is 0 Å². The molecular formula is C9H18BrN. The molecule has 2 heteroatoms. The van der Waals surface area contributed by atoms with Gasteiger partial charge in [0.05, 0.1) is 0 Å². The molecule has 0 rings (SSSR count). The molecular weight excluding hydrogens is 202 g/mol. The molecule has 1 nitrogen and oxygen atoms in total. The summed E-state index contributed by atoms with van der Waals surface area (Å²) in [5.74, 6) is 0. The third-order valence-electron chi connectivity index (χ3n) is 1.49. The molecule has 0 saturated heterocycles. The van der Waals surface area contributed by atoms with E-state index in [0.29, 0.717) is 0 Å². The van der Waals surface area contributed by atoms with Gasteiger partial charge in [-0.1, -0.05) is 34.5 Å². The van der Waals surface area contributed by atoms with Gasteiger partial charge in [-0.15, -0.1) is 0 Å². The molecule has 0 aliphatic heterocycles. The lowest BCUT2D eigenvalue weighted by atomic mass is 10.2. The van der Waals surface area contributed by atoms with Crippen molar-refractivity contribution in [3.8, 4) is 0 Å². The average Bonchev–Trinajstić information content (AvgIpc) is 2.03. The zero-order valence-electron chi connectivity index (χ0n) is 7.28. The molecule has 0 radical (unpaired) electrons. The van der Waals surface area contributed by atoms with Crippen LogP contribution in [-0.4, -0.2) is 18.4 Å². The molecule has 0 atom stereocenters. The number of hydrogen-bond donors (Lipinski definition) is 1. The Bertz CT molecular complexity index is 91.6. The molecule has 0 aromatic heterocycles. The maximum atomic E-state index is 3.41. The Morgan fingerprint density at radius 3 is 2.73 bits per heavy atom. The lowest BCUT2D eigenvalue weighted by Crippen LogP contribution is -2.14. The smallest absolute Gasteiger partial charge is 0.0134 e. The fourth-order valence-corrected chi connectivity index (χ4v) is 1.22. The number of halogens is 1. The highest BCUT2D eigenvalue weighted by Gasteiger charge is 1.85. The second-order valence-electron chi connectivity index (χ2n) is 2.52. The summed E-state index contributed by atoms with van der Waals surface area (Å²) in [7, 11) is 0. The van der Waals surface area contributed by atoms with E-state index in [1.165, 1.54) is 19.3 Å². The van der Waals surface area contributed by atoms with E-state index in [1.807, 2.05) is 6.92 Å². The number of alkyl halides is 1. The molecule has 0 saturated carbocycles. The number of hydrogen-bond acceptors (Lipinski definition) is 1. The molecule has 0 fully saturated rings. The molecule has 11 heavy (non-hydrogen) atoms. The van der Waals surface area contributed by atoms with Crippen molar-refractivity contribution >= 4 is 15.9 Å². The van der Waals surface area contributed by atoms with Gasteiger partial charge in [-0.2, -0.15) is 0 Å². The van der Waals surface area contributed by atoms with Crippen molar-refractivity contribution in [3.05, 3.63) is 12.2 Å². The normalized spacial score (nSPS) is 11.1. The Balaban J connectivity index is 2.79. The number of nitrogens with one attached hydrogen (secondary N) is 1. The van der Waals surface area contributed by atoms with Crippen LogP contribution in [0.2, 0.25) is 0 Å². The summed E-state index contributed by atoms with van der Waals surface area (Å²) >= 11 is 3.41. The van der Waals surface area contributed by atoms with E-state index >= 15 is 0 Å². The summed E-state index contributed by atoms with van der Waals surface area (Å²) in [6.45, 7) is 4.22. The van der Waals surface area contributed by atoms with E-state index in [4.69, 9.17) is 0 Å². The predicted molar refractivity (Wildman–Crippen MR) is 55.3 cm³/mol. The van der Waals surface area contributed by atoms with Crippen LogP contribution in [0.25, 0.3) is 0 Å². The SMILES string of the molecule is C/C=C/CNCCCCCBr. The third kappa shape index (κ3) is 10.2. The van der Waals surface area contributed by atoms with E-state index in [0.717, 1.165) is 18.4 Å². The third-order valence-corrected chi connectivity index (χ3v) is 2.05. The molecule has 0 spiro atoms. The molecule has 0 bridgehead atoms. The molecule has 0 aliphatic rings. The monoisotopic (exact) mass is 219 g/mol. The lowest BCUT2D eigenvalue weighted by Gasteiger charge is -1.99. The standard InChI is InChI=1S/C9H18BrN/c1-2-3-8-11-9-6-4-5-7-10/h2-3,11H,4-9H2,1H3/b3-2+. The first kappa shape index (κ1) is 11.2. The Morgan fingerprint density at radius 2 is 2.09 bits per heavy atom. The molecule has 66 valence electrons. The minimum absolute atomic E-state index is 1.02. The fourth-order valence-electron chi connectivity index (χ4n) is 0.825. The van der Waals surface area contributed by atoms with Crippen molar-refractivity contribution in [2.24, 2.45) is 0 Å². The number of allylic oxidation sites excluding steroid dienone is 1. The first-order valence-electron chi connectivity index (χ1n) is 4.29. The Kier molecular flexibility index (Phi) is 10.3. The Hall–Kier alpha value is 0.180. The number of rotatable bonds is 7. The Labute approximate surface area is 78.4 Å². The highest BCUT2D eigenvalue weighted by atomic mass is 79.9. The second-order valence-corrected chi connectivity index (χ2v) is 3.32. The van der Waals surface area contributed by atoms with Crippen LogP contribution in [-0.2, 0) is 0 Å². The first-order valence-corrected chi connectivity index (χ1v) is 5.41. The topological polar surface area (TPSA) is 12.0 Å². The zero-order valence-corrected chi connectivity index (χ0v) is 8.86. The largest absolute Gasteiger partial charge is 0.313 e. The van der Waals surface area contributed by atoms with Gasteiger partial charge in [0.15, 0.2) is 0 Å². The molecule has 0 aromatic rings. The van der Waals surface area contributed by atoms with Gasteiger partial charge in [0, 0.05) is 11.9 Å². The molecule has 0 unspecified atom stereocenters. The highest BCUT2D eigenvalue weighted by Crippen LogP contribution is 1.96. The Morgan fingerprint density at radius 1 is 1.27 bits per heavy atom. The van der Waals surface area contributed by atoms with E-state index in [9.17, 15) is 0 Å². The minimum atomic E-state index is 1.02. The van der Waals surface area contributed by atoms with E-state index < -0.39 is 0 Å². The second kappa shape index (κ2) is 10.2. The number of unbranched alkanes of at least 4 members (excludes halogenated alkanes) is 2. The maximum Gasteiger partial charge on any atom is 0.0134 e. The van der Waals surface area contributed by atoms with Gasteiger partial charge in [0.2, 0.25) is 0 Å². The predicted octanol–water partition coefficient (Wildman–Crippen LogP) is 2.72. The zero-order chi connectivity index (χ0) is 8.36. The summed E-state index contributed by atoms with van der Waals surface area (Å²) in [4.78, 5) is 0. The summed E-state index contributed by atoms with van der Waals surface area (Å²) in [5.41, 5.74) is 0. The average molecular weight is 220 g/mol. The van der Waals surface area contributed by atoms with Gasteiger partial charge >= 0.3 is 0 Å². The summed E-state index contributed by atoms with van der Waals surface area (Å²) in [6, 6.07) is 0. The van der Waals surface area contributed by atoms with Crippen molar-refractivity contribution in [2.75, 3.05) is 18.4 Å². The van der Waals surface area contributed by atoms with Gasteiger partial charge in [0.1, 0.15) is 0 Å². The van der Waals surface area contributed by atoms with Crippen LogP contribution in [0.15, 0.2) is 12.2 Å². The van der Waals surface area contributed by atoms with Crippen LogP contribution in [0, 0.1) is 0 Å². The molecule has 0 heterocycles.